The van der Waals surface area contributed by atoms with Crippen LogP contribution in [-0.2, 0) is 6.42 Å². The largest absolute Gasteiger partial charge is 0.241 e. The Hall–Kier alpha value is -1.15. The number of aryl methyl sites for hydroxylation is 1. The molecule has 1 aromatic carbocycles. The smallest absolute Gasteiger partial charge is 0.123 e. The van der Waals surface area contributed by atoms with E-state index in [1.807, 2.05) is 6.07 Å². The van der Waals surface area contributed by atoms with Crippen LogP contribution in [0.25, 0.3) is 10.6 Å². The third-order valence-corrected chi connectivity index (χ3v) is 4.30. The highest BCUT2D eigenvalue weighted by atomic mass is 32.1. The summed E-state index contributed by atoms with van der Waals surface area (Å²) < 4.78 is 0. The molecule has 0 aliphatic heterocycles. The van der Waals surface area contributed by atoms with Crippen LogP contribution in [0, 0.1) is 0 Å². The van der Waals surface area contributed by atoms with E-state index in [1.165, 1.54) is 49.8 Å². The molecule has 0 saturated heterocycles. The molecule has 19 heavy (non-hydrogen) atoms. The average Bonchev–Trinajstić information content (AvgIpc) is 2.92. The SMILES string of the molecule is CCCCCCCCc1csc(-c2ccccc2)n1. The van der Waals surface area contributed by atoms with Crippen LogP contribution in [0.5, 0.6) is 0 Å². The molecule has 0 aliphatic rings. The second-order valence-electron chi connectivity index (χ2n) is 5.03. The van der Waals surface area contributed by atoms with Gasteiger partial charge in [0.05, 0.1) is 5.69 Å². The van der Waals surface area contributed by atoms with Crippen molar-refractivity contribution in [3.05, 3.63) is 41.4 Å². The second-order valence-corrected chi connectivity index (χ2v) is 5.89. The van der Waals surface area contributed by atoms with Crippen LogP contribution in [0.15, 0.2) is 35.7 Å². The fourth-order valence-corrected chi connectivity index (χ4v) is 3.08. The predicted molar refractivity (Wildman–Crippen MR) is 84.6 cm³/mol. The number of benzene rings is 1. The van der Waals surface area contributed by atoms with E-state index in [1.54, 1.807) is 11.3 Å². The van der Waals surface area contributed by atoms with Gasteiger partial charge in [-0.05, 0) is 12.8 Å². The van der Waals surface area contributed by atoms with E-state index in [0.717, 1.165) is 11.4 Å². The summed E-state index contributed by atoms with van der Waals surface area (Å²) in [6, 6.07) is 10.5. The first kappa shape index (κ1) is 14.3. The van der Waals surface area contributed by atoms with Crippen LogP contribution in [0.2, 0.25) is 0 Å². The van der Waals surface area contributed by atoms with E-state index < -0.39 is 0 Å². The normalized spacial score (nSPS) is 10.8. The van der Waals surface area contributed by atoms with E-state index >= 15 is 0 Å². The van der Waals surface area contributed by atoms with Crippen molar-refractivity contribution in [2.75, 3.05) is 0 Å². The van der Waals surface area contributed by atoms with Crippen molar-refractivity contribution in [3.63, 3.8) is 0 Å². The van der Waals surface area contributed by atoms with Crippen LogP contribution in [-0.4, -0.2) is 4.98 Å². The Morgan fingerprint density at radius 2 is 1.68 bits per heavy atom. The van der Waals surface area contributed by atoms with Gasteiger partial charge in [0.1, 0.15) is 5.01 Å². The number of hydrogen-bond donors (Lipinski definition) is 0. The van der Waals surface area contributed by atoms with Gasteiger partial charge >= 0.3 is 0 Å². The number of unbranched alkanes of at least 4 members (excludes halogenated alkanes) is 5. The van der Waals surface area contributed by atoms with Crippen LogP contribution < -0.4 is 0 Å². The molecule has 0 amide bonds. The summed E-state index contributed by atoms with van der Waals surface area (Å²) in [5.74, 6) is 0. The van der Waals surface area contributed by atoms with Crippen LogP contribution >= 0.6 is 11.3 Å². The summed E-state index contributed by atoms with van der Waals surface area (Å²) in [5, 5.41) is 3.37. The topological polar surface area (TPSA) is 12.9 Å². The molecule has 2 rings (SSSR count). The molecule has 0 spiro atoms. The molecule has 0 N–H and O–H groups in total. The van der Waals surface area contributed by atoms with Crippen LogP contribution in [0.4, 0.5) is 0 Å². The summed E-state index contributed by atoms with van der Waals surface area (Å²) in [5.41, 5.74) is 2.50. The minimum atomic E-state index is 1.13. The van der Waals surface area contributed by atoms with Crippen molar-refractivity contribution < 1.29 is 0 Å². The summed E-state index contributed by atoms with van der Waals surface area (Å²) in [6.45, 7) is 2.26. The lowest BCUT2D eigenvalue weighted by atomic mass is 10.1. The van der Waals surface area contributed by atoms with Crippen molar-refractivity contribution in [2.45, 2.75) is 51.9 Å². The van der Waals surface area contributed by atoms with Crippen molar-refractivity contribution in [3.8, 4) is 10.6 Å². The molecule has 1 nitrogen and oxygen atoms in total. The molecule has 0 atom stereocenters. The Kier molecular flexibility index (Phi) is 6.09. The maximum Gasteiger partial charge on any atom is 0.123 e. The first-order valence-electron chi connectivity index (χ1n) is 7.40. The summed E-state index contributed by atoms with van der Waals surface area (Å²) in [4.78, 5) is 4.73. The quantitative estimate of drug-likeness (QED) is 0.561. The Morgan fingerprint density at radius 1 is 0.947 bits per heavy atom. The highest BCUT2D eigenvalue weighted by Crippen LogP contribution is 2.24. The van der Waals surface area contributed by atoms with Gasteiger partial charge in [-0.1, -0.05) is 69.4 Å². The molecule has 0 bridgehead atoms. The van der Waals surface area contributed by atoms with Gasteiger partial charge in [0.15, 0.2) is 0 Å². The maximum absolute atomic E-state index is 4.73. The Labute approximate surface area is 120 Å². The molecule has 1 aromatic heterocycles. The predicted octanol–water partition coefficient (Wildman–Crippen LogP) is 5.71. The van der Waals surface area contributed by atoms with Gasteiger partial charge in [-0.2, -0.15) is 0 Å². The number of aromatic nitrogens is 1. The highest BCUT2D eigenvalue weighted by molar-refractivity contribution is 7.13. The lowest BCUT2D eigenvalue weighted by Gasteiger charge is -1.99. The van der Waals surface area contributed by atoms with E-state index in [-0.39, 0.29) is 0 Å². The fraction of sp³-hybridized carbons (Fsp3) is 0.471. The van der Waals surface area contributed by atoms with Gasteiger partial charge in [-0.3, -0.25) is 0 Å². The zero-order valence-corrected chi connectivity index (χ0v) is 12.6. The van der Waals surface area contributed by atoms with E-state index in [4.69, 9.17) is 4.98 Å². The number of thiazole rings is 1. The Bertz CT molecular complexity index is 461. The average molecular weight is 273 g/mol. The van der Waals surface area contributed by atoms with Crippen LogP contribution in [0.1, 0.15) is 51.1 Å². The van der Waals surface area contributed by atoms with E-state index in [9.17, 15) is 0 Å². The van der Waals surface area contributed by atoms with Crippen molar-refractivity contribution in [2.24, 2.45) is 0 Å². The monoisotopic (exact) mass is 273 g/mol. The molecule has 1 heterocycles. The third-order valence-electron chi connectivity index (χ3n) is 3.36. The molecule has 0 saturated carbocycles. The van der Waals surface area contributed by atoms with Gasteiger partial charge in [0, 0.05) is 10.9 Å². The van der Waals surface area contributed by atoms with Crippen LogP contribution in [0.3, 0.4) is 0 Å². The first-order chi connectivity index (χ1) is 9.40. The minimum absolute atomic E-state index is 1.13. The number of hydrogen-bond acceptors (Lipinski definition) is 2. The molecule has 0 unspecified atom stereocenters. The summed E-state index contributed by atoms with van der Waals surface area (Å²) in [7, 11) is 0. The fourth-order valence-electron chi connectivity index (χ4n) is 2.22. The number of nitrogens with zero attached hydrogens (tertiary/aromatic N) is 1. The molecule has 0 aliphatic carbocycles. The Morgan fingerprint density at radius 3 is 2.47 bits per heavy atom. The minimum Gasteiger partial charge on any atom is -0.241 e. The van der Waals surface area contributed by atoms with Gasteiger partial charge in [-0.25, -0.2) is 4.98 Å². The molecule has 2 aromatic rings. The molecule has 102 valence electrons. The standard InChI is InChI=1S/C17H23NS/c1-2-3-4-5-6-10-13-16-14-19-17(18-16)15-11-8-7-9-12-15/h7-9,11-12,14H,2-6,10,13H2,1H3. The molecule has 0 fully saturated rings. The van der Waals surface area contributed by atoms with Crippen molar-refractivity contribution in [1.82, 2.24) is 4.98 Å². The van der Waals surface area contributed by atoms with Gasteiger partial charge in [-0.15, -0.1) is 11.3 Å². The molecule has 0 radical (unpaired) electrons. The van der Waals surface area contributed by atoms with Gasteiger partial charge in [0.2, 0.25) is 0 Å². The van der Waals surface area contributed by atoms with E-state index in [0.29, 0.717) is 0 Å². The third kappa shape index (κ3) is 4.79. The van der Waals surface area contributed by atoms with Gasteiger partial charge in [0.25, 0.3) is 0 Å². The highest BCUT2D eigenvalue weighted by Gasteiger charge is 2.03. The van der Waals surface area contributed by atoms with Crippen molar-refractivity contribution >= 4 is 11.3 Å². The van der Waals surface area contributed by atoms with Crippen molar-refractivity contribution in [1.29, 1.82) is 0 Å². The summed E-state index contributed by atoms with van der Waals surface area (Å²) in [6.07, 6.45) is 9.24. The lowest BCUT2D eigenvalue weighted by Crippen LogP contribution is -1.87. The zero-order chi connectivity index (χ0) is 13.3. The number of rotatable bonds is 8. The van der Waals surface area contributed by atoms with Gasteiger partial charge < -0.3 is 0 Å². The molecule has 2 heteroatoms. The zero-order valence-electron chi connectivity index (χ0n) is 11.8. The molecular weight excluding hydrogens is 250 g/mol. The Balaban J connectivity index is 1.75. The lowest BCUT2D eigenvalue weighted by molar-refractivity contribution is 0.605. The second kappa shape index (κ2) is 8.11. The molecular formula is C17H23NS. The summed E-state index contributed by atoms with van der Waals surface area (Å²) >= 11 is 1.76. The first-order valence-corrected chi connectivity index (χ1v) is 8.28. The van der Waals surface area contributed by atoms with E-state index in [2.05, 4.69) is 36.6 Å². The maximum atomic E-state index is 4.73.